The van der Waals surface area contributed by atoms with Gasteiger partial charge in [-0.15, -0.1) is 0 Å². The van der Waals surface area contributed by atoms with E-state index in [1.165, 1.54) is 38.8 Å². The van der Waals surface area contributed by atoms with Crippen LogP contribution in [0.1, 0.15) is 25.7 Å². The summed E-state index contributed by atoms with van der Waals surface area (Å²) in [6.45, 7) is 6.15. The molecule has 1 heterocycles. The Labute approximate surface area is 150 Å². The van der Waals surface area contributed by atoms with Crippen LogP contribution in [0, 0.1) is 0 Å². The fraction of sp³-hybridized carbons (Fsp3) is 0.381. The van der Waals surface area contributed by atoms with Gasteiger partial charge in [-0.2, -0.15) is 0 Å². The van der Waals surface area contributed by atoms with Crippen LogP contribution in [0.2, 0.25) is 0 Å². The molecule has 1 fully saturated rings. The molecule has 0 spiro atoms. The van der Waals surface area contributed by atoms with E-state index in [9.17, 15) is 0 Å². The van der Waals surface area contributed by atoms with Gasteiger partial charge in [0, 0.05) is 12.6 Å². The molecular formula is C21H27NO3. The second-order valence-corrected chi connectivity index (χ2v) is 5.99. The molecule has 0 N–H and O–H groups in total. The van der Waals surface area contributed by atoms with Crippen LogP contribution in [-0.4, -0.2) is 37.9 Å². The maximum absolute atomic E-state index is 8.00. The molecule has 0 unspecified atom stereocenters. The maximum Gasteiger partial charge on any atom is 0.131 e. The number of likely N-dealkylation sites (tertiary alicyclic amines) is 1. The first-order valence-electron chi connectivity index (χ1n) is 8.87. The lowest BCUT2D eigenvalue weighted by Crippen LogP contribution is -2.29. The topological polar surface area (TPSA) is 38.8 Å². The largest absolute Gasteiger partial charge is 0.492 e. The predicted molar refractivity (Wildman–Crippen MR) is 100 cm³/mol. The van der Waals surface area contributed by atoms with Crippen LogP contribution in [0.4, 0.5) is 0 Å². The number of para-hydroxylation sites is 1. The van der Waals surface area contributed by atoms with Crippen LogP contribution < -0.4 is 9.47 Å². The molecule has 3 rings (SSSR count). The van der Waals surface area contributed by atoms with E-state index in [0.29, 0.717) is 0 Å². The Morgan fingerprint density at radius 1 is 0.800 bits per heavy atom. The monoisotopic (exact) mass is 341 g/mol. The van der Waals surface area contributed by atoms with E-state index in [0.717, 1.165) is 30.4 Å². The van der Waals surface area contributed by atoms with Crippen molar-refractivity contribution < 1.29 is 14.3 Å². The molecule has 25 heavy (non-hydrogen) atoms. The summed E-state index contributed by atoms with van der Waals surface area (Å²) in [5.41, 5.74) is 0. The van der Waals surface area contributed by atoms with Crippen LogP contribution in [0.25, 0.3) is 0 Å². The molecule has 0 radical (unpaired) electrons. The summed E-state index contributed by atoms with van der Waals surface area (Å²) >= 11 is 0. The average Bonchev–Trinajstić information content (AvgIpc) is 2.94. The third-order valence-corrected chi connectivity index (χ3v) is 4.16. The van der Waals surface area contributed by atoms with Crippen molar-refractivity contribution in [3.05, 3.63) is 54.6 Å². The highest BCUT2D eigenvalue weighted by Crippen LogP contribution is 2.25. The van der Waals surface area contributed by atoms with E-state index in [1.54, 1.807) is 0 Å². The van der Waals surface area contributed by atoms with Gasteiger partial charge in [-0.25, -0.2) is 0 Å². The van der Waals surface area contributed by atoms with Crippen molar-refractivity contribution in [3.63, 3.8) is 0 Å². The predicted octanol–water partition coefficient (Wildman–Crippen LogP) is 4.55. The summed E-state index contributed by atoms with van der Waals surface area (Å²) in [5.74, 6) is 2.52. The first-order valence-corrected chi connectivity index (χ1v) is 8.87. The van der Waals surface area contributed by atoms with Crippen LogP contribution in [0.5, 0.6) is 17.2 Å². The van der Waals surface area contributed by atoms with E-state index in [2.05, 4.69) is 4.90 Å². The fourth-order valence-corrected chi connectivity index (χ4v) is 2.90. The van der Waals surface area contributed by atoms with Gasteiger partial charge in [0.25, 0.3) is 0 Å². The van der Waals surface area contributed by atoms with Gasteiger partial charge in [-0.05, 0) is 50.2 Å². The first-order chi connectivity index (χ1) is 12.4. The highest BCUT2D eigenvalue weighted by Gasteiger charge is 2.08. The Kier molecular flexibility index (Phi) is 8.56. The van der Waals surface area contributed by atoms with Crippen molar-refractivity contribution in [2.75, 3.05) is 26.2 Å². The molecule has 0 aliphatic carbocycles. The second kappa shape index (κ2) is 11.3. The maximum atomic E-state index is 8.00. The van der Waals surface area contributed by atoms with Gasteiger partial charge in [-0.1, -0.05) is 37.1 Å². The average molecular weight is 341 g/mol. The standard InChI is InChI=1S/C20H25NO2.CH2O/c1-2-7-14-21(13-6-1)15-16-22-19-11-8-12-20(17-19)23-18-9-4-3-5-10-18;1-2/h3-5,8-12,17H,1-2,6-7,13-16H2;1H2. The quantitative estimate of drug-likeness (QED) is 0.773. The SMILES string of the molecule is C=O.c1ccc(Oc2cccc(OCCN3CCCCCC3)c2)cc1. The van der Waals surface area contributed by atoms with Crippen LogP contribution >= 0.6 is 0 Å². The van der Waals surface area contributed by atoms with Crippen molar-refractivity contribution in [3.8, 4) is 17.2 Å². The minimum absolute atomic E-state index is 0.731. The summed E-state index contributed by atoms with van der Waals surface area (Å²) in [6, 6.07) is 17.7. The van der Waals surface area contributed by atoms with E-state index in [-0.39, 0.29) is 0 Å². The number of benzene rings is 2. The minimum Gasteiger partial charge on any atom is -0.492 e. The Bertz CT molecular complexity index is 595. The molecule has 0 amide bonds. The van der Waals surface area contributed by atoms with Crippen LogP contribution in [0.3, 0.4) is 0 Å². The summed E-state index contributed by atoms with van der Waals surface area (Å²) in [4.78, 5) is 10.5. The van der Waals surface area contributed by atoms with E-state index >= 15 is 0 Å². The molecule has 0 bridgehead atoms. The summed E-state index contributed by atoms with van der Waals surface area (Å²) in [6.07, 6.45) is 5.38. The number of hydrogen-bond acceptors (Lipinski definition) is 4. The van der Waals surface area contributed by atoms with Gasteiger partial charge in [-0.3, -0.25) is 4.90 Å². The van der Waals surface area contributed by atoms with Gasteiger partial charge in [0.15, 0.2) is 0 Å². The van der Waals surface area contributed by atoms with Crippen molar-refractivity contribution in [2.24, 2.45) is 0 Å². The Morgan fingerprint density at radius 3 is 2.16 bits per heavy atom. The number of ether oxygens (including phenoxy) is 2. The lowest BCUT2D eigenvalue weighted by molar-refractivity contribution is -0.0979. The zero-order chi connectivity index (χ0) is 17.7. The molecule has 0 aromatic heterocycles. The first kappa shape index (κ1) is 19.0. The van der Waals surface area contributed by atoms with Crippen molar-refractivity contribution in [2.45, 2.75) is 25.7 Å². The molecule has 4 nitrogen and oxygen atoms in total. The highest BCUT2D eigenvalue weighted by atomic mass is 16.5. The molecule has 1 aliphatic heterocycles. The van der Waals surface area contributed by atoms with Crippen molar-refractivity contribution in [1.82, 2.24) is 4.90 Å². The number of carbonyl (C=O) groups is 1. The molecule has 2 aromatic rings. The van der Waals surface area contributed by atoms with Gasteiger partial charge in [0.05, 0.1) is 0 Å². The number of rotatable bonds is 6. The van der Waals surface area contributed by atoms with Crippen LogP contribution in [-0.2, 0) is 4.79 Å². The Hall–Kier alpha value is -2.33. The zero-order valence-corrected chi connectivity index (χ0v) is 14.7. The fourth-order valence-electron chi connectivity index (χ4n) is 2.90. The molecule has 0 saturated carbocycles. The van der Waals surface area contributed by atoms with Gasteiger partial charge in [0.1, 0.15) is 30.6 Å². The molecule has 1 aliphatic rings. The highest BCUT2D eigenvalue weighted by molar-refractivity contribution is 5.36. The summed E-state index contributed by atoms with van der Waals surface area (Å²) in [5, 5.41) is 0. The molecule has 2 aromatic carbocycles. The van der Waals surface area contributed by atoms with E-state index < -0.39 is 0 Å². The lowest BCUT2D eigenvalue weighted by Gasteiger charge is -2.19. The van der Waals surface area contributed by atoms with Crippen molar-refractivity contribution >= 4 is 6.79 Å². The third kappa shape index (κ3) is 6.98. The minimum atomic E-state index is 0.731. The van der Waals surface area contributed by atoms with Crippen LogP contribution in [0.15, 0.2) is 54.6 Å². The lowest BCUT2D eigenvalue weighted by atomic mass is 10.2. The summed E-state index contributed by atoms with van der Waals surface area (Å²) in [7, 11) is 0. The summed E-state index contributed by atoms with van der Waals surface area (Å²) < 4.78 is 11.7. The molecular weight excluding hydrogens is 314 g/mol. The number of hydrogen-bond donors (Lipinski definition) is 0. The molecule has 1 saturated heterocycles. The second-order valence-electron chi connectivity index (χ2n) is 5.99. The molecule has 0 atom stereocenters. The van der Waals surface area contributed by atoms with E-state index in [1.807, 2.05) is 61.4 Å². The van der Waals surface area contributed by atoms with Crippen molar-refractivity contribution in [1.29, 1.82) is 0 Å². The molecule has 134 valence electrons. The van der Waals surface area contributed by atoms with Gasteiger partial charge >= 0.3 is 0 Å². The zero-order valence-electron chi connectivity index (χ0n) is 14.7. The number of carbonyl (C=O) groups excluding carboxylic acids is 1. The van der Waals surface area contributed by atoms with Gasteiger partial charge < -0.3 is 14.3 Å². The normalized spacial score (nSPS) is 14.7. The number of nitrogens with zero attached hydrogens (tertiary/aromatic N) is 1. The Balaban J connectivity index is 0.00000109. The van der Waals surface area contributed by atoms with E-state index in [4.69, 9.17) is 14.3 Å². The third-order valence-electron chi connectivity index (χ3n) is 4.16. The smallest absolute Gasteiger partial charge is 0.131 e. The molecule has 4 heteroatoms. The van der Waals surface area contributed by atoms with Gasteiger partial charge in [0.2, 0.25) is 0 Å². The Morgan fingerprint density at radius 2 is 1.44 bits per heavy atom.